The molecule has 1 aromatic rings. The lowest BCUT2D eigenvalue weighted by Gasteiger charge is -2.44. The maximum Gasteiger partial charge on any atom is 0.0469 e. The van der Waals surface area contributed by atoms with Crippen LogP contribution in [0, 0.1) is 5.92 Å². The molecule has 1 saturated heterocycles. The molecule has 0 amide bonds. The van der Waals surface area contributed by atoms with Crippen molar-refractivity contribution in [3.05, 3.63) is 35.4 Å². The van der Waals surface area contributed by atoms with Gasteiger partial charge in [-0.3, -0.25) is 0 Å². The highest BCUT2D eigenvalue weighted by Crippen LogP contribution is 2.39. The van der Waals surface area contributed by atoms with Crippen molar-refractivity contribution in [1.29, 1.82) is 0 Å². The molecular formula is C15H21NO. The Morgan fingerprint density at radius 1 is 1.24 bits per heavy atom. The third kappa shape index (κ3) is 1.90. The van der Waals surface area contributed by atoms with Crippen LogP contribution in [0.2, 0.25) is 0 Å². The van der Waals surface area contributed by atoms with Crippen LogP contribution >= 0.6 is 0 Å². The van der Waals surface area contributed by atoms with Gasteiger partial charge in [-0.2, -0.15) is 0 Å². The summed E-state index contributed by atoms with van der Waals surface area (Å²) in [6, 6.07) is 8.92. The number of nitrogens with one attached hydrogen (secondary N) is 1. The van der Waals surface area contributed by atoms with Gasteiger partial charge in [0, 0.05) is 25.3 Å². The van der Waals surface area contributed by atoms with Crippen LogP contribution in [-0.2, 0) is 16.7 Å². The number of fused-ring (bicyclic) bond motifs is 1. The molecule has 0 radical (unpaired) electrons. The summed E-state index contributed by atoms with van der Waals surface area (Å²) in [7, 11) is 0. The first-order valence-electron chi connectivity index (χ1n) is 6.72. The second kappa shape index (κ2) is 4.43. The fourth-order valence-electron chi connectivity index (χ4n) is 3.44. The zero-order valence-corrected chi connectivity index (χ0v) is 10.5. The molecule has 0 bridgehead atoms. The van der Waals surface area contributed by atoms with Gasteiger partial charge >= 0.3 is 0 Å². The van der Waals surface area contributed by atoms with Gasteiger partial charge in [-0.15, -0.1) is 0 Å². The van der Waals surface area contributed by atoms with Gasteiger partial charge in [-0.05, 0) is 43.2 Å². The summed E-state index contributed by atoms with van der Waals surface area (Å²) in [5, 5.41) is 3.77. The van der Waals surface area contributed by atoms with Gasteiger partial charge in [-0.25, -0.2) is 0 Å². The molecular weight excluding hydrogens is 210 g/mol. The van der Waals surface area contributed by atoms with E-state index in [0.717, 1.165) is 26.2 Å². The van der Waals surface area contributed by atoms with E-state index in [-0.39, 0.29) is 5.54 Å². The van der Waals surface area contributed by atoms with Crippen molar-refractivity contribution in [3.63, 3.8) is 0 Å². The van der Waals surface area contributed by atoms with E-state index in [1.165, 1.54) is 24.0 Å². The van der Waals surface area contributed by atoms with Crippen molar-refractivity contribution < 1.29 is 4.74 Å². The van der Waals surface area contributed by atoms with E-state index in [4.69, 9.17) is 4.74 Å². The van der Waals surface area contributed by atoms with Crippen molar-refractivity contribution >= 4 is 0 Å². The molecule has 92 valence electrons. The predicted octanol–water partition coefficient (Wildman–Crippen LogP) is 2.47. The minimum absolute atomic E-state index is 0.151. The SMILES string of the molecule is CC1(C2CCOCC2)NCCc2ccccc21. The Kier molecular flexibility index (Phi) is 2.93. The minimum atomic E-state index is 0.151. The molecule has 1 aromatic carbocycles. The smallest absolute Gasteiger partial charge is 0.0469 e. The lowest BCUT2D eigenvalue weighted by Crippen LogP contribution is -2.51. The number of hydrogen-bond donors (Lipinski definition) is 1. The first-order valence-corrected chi connectivity index (χ1v) is 6.72. The maximum absolute atomic E-state index is 5.50. The van der Waals surface area contributed by atoms with Crippen LogP contribution in [0.15, 0.2) is 24.3 Å². The molecule has 3 rings (SSSR count). The number of ether oxygens (including phenoxy) is 1. The van der Waals surface area contributed by atoms with Gasteiger partial charge in [0.1, 0.15) is 0 Å². The van der Waals surface area contributed by atoms with Crippen molar-refractivity contribution in [1.82, 2.24) is 5.32 Å². The largest absolute Gasteiger partial charge is 0.381 e. The Morgan fingerprint density at radius 3 is 2.82 bits per heavy atom. The predicted molar refractivity (Wildman–Crippen MR) is 69.0 cm³/mol. The van der Waals surface area contributed by atoms with E-state index < -0.39 is 0 Å². The second-order valence-electron chi connectivity index (χ2n) is 5.42. The van der Waals surface area contributed by atoms with Crippen LogP contribution < -0.4 is 5.32 Å². The quantitative estimate of drug-likeness (QED) is 0.801. The summed E-state index contributed by atoms with van der Waals surface area (Å²) in [4.78, 5) is 0. The average Bonchev–Trinajstić information content (AvgIpc) is 2.40. The zero-order valence-electron chi connectivity index (χ0n) is 10.5. The summed E-state index contributed by atoms with van der Waals surface area (Å²) in [6.07, 6.45) is 3.52. The molecule has 2 aliphatic rings. The third-order valence-electron chi connectivity index (χ3n) is 4.50. The lowest BCUT2D eigenvalue weighted by atomic mass is 9.72. The number of hydrogen-bond acceptors (Lipinski definition) is 2. The Bertz CT molecular complexity index is 398. The van der Waals surface area contributed by atoms with Crippen LogP contribution in [0.25, 0.3) is 0 Å². The molecule has 17 heavy (non-hydrogen) atoms. The standard InChI is InChI=1S/C15H21NO/c1-15(13-7-10-17-11-8-13)14-5-3-2-4-12(14)6-9-16-15/h2-5,13,16H,6-11H2,1H3. The minimum Gasteiger partial charge on any atom is -0.381 e. The topological polar surface area (TPSA) is 21.3 Å². The molecule has 0 aliphatic carbocycles. The highest BCUT2D eigenvalue weighted by Gasteiger charge is 2.39. The molecule has 0 spiro atoms. The van der Waals surface area contributed by atoms with Crippen LogP contribution in [0.3, 0.4) is 0 Å². The molecule has 1 atom stereocenters. The van der Waals surface area contributed by atoms with Gasteiger partial charge in [0.2, 0.25) is 0 Å². The van der Waals surface area contributed by atoms with Crippen LogP contribution in [0.4, 0.5) is 0 Å². The van der Waals surface area contributed by atoms with Gasteiger partial charge < -0.3 is 10.1 Å². The fraction of sp³-hybridized carbons (Fsp3) is 0.600. The van der Waals surface area contributed by atoms with Gasteiger partial charge in [0.15, 0.2) is 0 Å². The van der Waals surface area contributed by atoms with Crippen molar-refractivity contribution in [2.75, 3.05) is 19.8 Å². The summed E-state index contributed by atoms with van der Waals surface area (Å²) < 4.78 is 5.50. The summed E-state index contributed by atoms with van der Waals surface area (Å²) in [6.45, 7) is 5.32. The highest BCUT2D eigenvalue weighted by atomic mass is 16.5. The maximum atomic E-state index is 5.50. The number of rotatable bonds is 1. The van der Waals surface area contributed by atoms with Crippen LogP contribution in [0.5, 0.6) is 0 Å². The van der Waals surface area contributed by atoms with Crippen molar-refractivity contribution in [2.24, 2.45) is 5.92 Å². The molecule has 2 heteroatoms. The normalized spacial score (nSPS) is 29.9. The summed E-state index contributed by atoms with van der Waals surface area (Å²) in [5.41, 5.74) is 3.19. The summed E-state index contributed by atoms with van der Waals surface area (Å²) in [5.74, 6) is 0.706. The molecule has 2 heterocycles. The third-order valence-corrected chi connectivity index (χ3v) is 4.50. The van der Waals surface area contributed by atoms with Crippen molar-refractivity contribution in [2.45, 2.75) is 31.7 Å². The van der Waals surface area contributed by atoms with E-state index in [9.17, 15) is 0 Å². The van der Waals surface area contributed by atoms with Crippen LogP contribution in [-0.4, -0.2) is 19.8 Å². The Hall–Kier alpha value is -0.860. The second-order valence-corrected chi connectivity index (χ2v) is 5.42. The lowest BCUT2D eigenvalue weighted by molar-refractivity contribution is 0.0297. The zero-order chi connectivity index (χ0) is 11.7. The Balaban J connectivity index is 1.96. The molecule has 1 fully saturated rings. The molecule has 1 unspecified atom stereocenters. The van der Waals surface area contributed by atoms with Gasteiger partial charge in [0.25, 0.3) is 0 Å². The molecule has 1 N–H and O–H groups in total. The first kappa shape index (κ1) is 11.2. The first-order chi connectivity index (χ1) is 8.31. The summed E-state index contributed by atoms with van der Waals surface area (Å²) >= 11 is 0. The van der Waals surface area contributed by atoms with E-state index >= 15 is 0 Å². The average molecular weight is 231 g/mol. The van der Waals surface area contributed by atoms with E-state index in [1.54, 1.807) is 0 Å². The Morgan fingerprint density at radius 2 is 2.00 bits per heavy atom. The highest BCUT2D eigenvalue weighted by molar-refractivity contribution is 5.36. The van der Waals surface area contributed by atoms with E-state index in [1.807, 2.05) is 0 Å². The van der Waals surface area contributed by atoms with Gasteiger partial charge in [-0.1, -0.05) is 24.3 Å². The van der Waals surface area contributed by atoms with E-state index in [0.29, 0.717) is 5.92 Å². The number of benzene rings is 1. The molecule has 0 saturated carbocycles. The van der Waals surface area contributed by atoms with Crippen molar-refractivity contribution in [3.8, 4) is 0 Å². The Labute approximate surface area is 103 Å². The van der Waals surface area contributed by atoms with Crippen LogP contribution in [0.1, 0.15) is 30.9 Å². The monoisotopic (exact) mass is 231 g/mol. The molecule has 2 aliphatic heterocycles. The molecule has 0 aromatic heterocycles. The fourth-order valence-corrected chi connectivity index (χ4v) is 3.44. The molecule has 2 nitrogen and oxygen atoms in total. The van der Waals surface area contributed by atoms with Gasteiger partial charge in [0.05, 0.1) is 0 Å². The van der Waals surface area contributed by atoms with E-state index in [2.05, 4.69) is 36.5 Å².